The van der Waals surface area contributed by atoms with Crippen LogP contribution in [0, 0.1) is 0 Å². The lowest BCUT2D eigenvalue weighted by atomic mass is 10.0. The number of hydrogen-bond acceptors (Lipinski definition) is 5. The van der Waals surface area contributed by atoms with Gasteiger partial charge in [-0.05, 0) is 38.3 Å². The number of rotatable bonds is 8. The summed E-state index contributed by atoms with van der Waals surface area (Å²) in [6.07, 6.45) is 3.57. The minimum Gasteiger partial charge on any atom is -0.463 e. The molecule has 8 nitrogen and oxygen atoms in total. The fourth-order valence-electron chi connectivity index (χ4n) is 3.38. The van der Waals surface area contributed by atoms with Crippen LogP contribution in [0.25, 0.3) is 10.9 Å². The second-order valence-electron chi connectivity index (χ2n) is 6.81. The molecule has 154 valence electrons. The van der Waals surface area contributed by atoms with Crippen molar-refractivity contribution in [3.63, 3.8) is 0 Å². The highest BCUT2D eigenvalue weighted by atomic mass is 16.5. The molecule has 0 radical (unpaired) electrons. The van der Waals surface area contributed by atoms with E-state index in [1.807, 2.05) is 30.5 Å². The first-order valence-corrected chi connectivity index (χ1v) is 9.68. The van der Waals surface area contributed by atoms with Crippen LogP contribution in [0.1, 0.15) is 32.3 Å². The van der Waals surface area contributed by atoms with Gasteiger partial charge in [0.1, 0.15) is 6.61 Å². The zero-order valence-corrected chi connectivity index (χ0v) is 16.5. The van der Waals surface area contributed by atoms with Gasteiger partial charge in [-0.25, -0.2) is 9.59 Å². The van der Waals surface area contributed by atoms with Crippen molar-refractivity contribution in [3.05, 3.63) is 47.3 Å². The summed E-state index contributed by atoms with van der Waals surface area (Å²) in [5, 5.41) is 6.29. The number of nitrogens with one attached hydrogen (secondary N) is 3. The molecule has 0 unspecified atom stereocenters. The SMILES string of the molecule is CCOC(=O)C1=C(COC(=O)CCCc2c[nH]c3ccccc23)NC(=O)N[C@@H]1C. The second kappa shape index (κ2) is 9.27. The van der Waals surface area contributed by atoms with E-state index in [2.05, 4.69) is 15.6 Å². The molecule has 0 fully saturated rings. The highest BCUT2D eigenvalue weighted by Gasteiger charge is 2.30. The van der Waals surface area contributed by atoms with E-state index >= 15 is 0 Å². The molecule has 0 aliphatic carbocycles. The van der Waals surface area contributed by atoms with Gasteiger partial charge in [0.25, 0.3) is 0 Å². The van der Waals surface area contributed by atoms with Crippen LogP contribution < -0.4 is 10.6 Å². The number of amides is 2. The standard InChI is InChI=1S/C21H25N3O5/c1-3-28-20(26)19-13(2)23-21(27)24-17(19)12-29-18(25)10-6-7-14-11-22-16-9-5-4-8-15(14)16/h4-5,8-9,11,13,22H,3,6-7,10,12H2,1-2H3,(H2,23,24,27)/t13-/m1/s1. The van der Waals surface area contributed by atoms with Crippen molar-refractivity contribution in [1.29, 1.82) is 0 Å². The lowest BCUT2D eigenvalue weighted by Crippen LogP contribution is -2.50. The zero-order valence-electron chi connectivity index (χ0n) is 16.5. The summed E-state index contributed by atoms with van der Waals surface area (Å²) in [5.74, 6) is -0.932. The Morgan fingerprint density at radius 2 is 1.97 bits per heavy atom. The fraction of sp³-hybridized carbons (Fsp3) is 0.381. The van der Waals surface area contributed by atoms with Gasteiger partial charge in [-0.1, -0.05) is 18.2 Å². The van der Waals surface area contributed by atoms with E-state index in [9.17, 15) is 14.4 Å². The Hall–Kier alpha value is -3.29. The molecule has 2 amide bonds. The number of aryl methyl sites for hydroxylation is 1. The first-order chi connectivity index (χ1) is 14.0. The molecule has 0 saturated heterocycles. The molecule has 29 heavy (non-hydrogen) atoms. The molecule has 2 aromatic rings. The predicted octanol–water partition coefficient (Wildman–Crippen LogP) is 2.55. The maximum Gasteiger partial charge on any atom is 0.338 e. The van der Waals surface area contributed by atoms with Gasteiger partial charge in [-0.2, -0.15) is 0 Å². The summed E-state index contributed by atoms with van der Waals surface area (Å²) in [6, 6.07) is 7.03. The van der Waals surface area contributed by atoms with Gasteiger partial charge in [-0.15, -0.1) is 0 Å². The minimum atomic E-state index is -0.544. The molecule has 0 spiro atoms. The van der Waals surface area contributed by atoms with Gasteiger partial charge in [0.05, 0.1) is 23.9 Å². The summed E-state index contributed by atoms with van der Waals surface area (Å²) < 4.78 is 10.3. The highest BCUT2D eigenvalue weighted by molar-refractivity contribution is 5.94. The predicted molar refractivity (Wildman–Crippen MR) is 107 cm³/mol. The van der Waals surface area contributed by atoms with E-state index in [1.54, 1.807) is 13.8 Å². The number of aromatic nitrogens is 1. The number of fused-ring (bicyclic) bond motifs is 1. The Morgan fingerprint density at radius 1 is 1.17 bits per heavy atom. The van der Waals surface area contributed by atoms with Crippen LogP contribution in [0.15, 0.2) is 41.7 Å². The van der Waals surface area contributed by atoms with Crippen LogP contribution in [0.2, 0.25) is 0 Å². The number of ether oxygens (including phenoxy) is 2. The Morgan fingerprint density at radius 3 is 2.76 bits per heavy atom. The van der Waals surface area contributed by atoms with Crippen LogP contribution in [0.3, 0.4) is 0 Å². The number of carbonyl (C=O) groups excluding carboxylic acids is 3. The van der Waals surface area contributed by atoms with Crippen molar-refractivity contribution in [3.8, 4) is 0 Å². The van der Waals surface area contributed by atoms with Crippen LogP contribution in [-0.4, -0.2) is 42.2 Å². The van der Waals surface area contributed by atoms with E-state index < -0.39 is 18.0 Å². The molecule has 1 aliphatic heterocycles. The van der Waals surface area contributed by atoms with Crippen molar-refractivity contribution >= 4 is 28.9 Å². The molecule has 3 N–H and O–H groups in total. The third-order valence-corrected chi connectivity index (χ3v) is 4.74. The van der Waals surface area contributed by atoms with Crippen molar-refractivity contribution in [1.82, 2.24) is 15.6 Å². The minimum absolute atomic E-state index is 0.183. The Labute approximate surface area is 168 Å². The first-order valence-electron chi connectivity index (χ1n) is 9.68. The Balaban J connectivity index is 1.55. The number of hydrogen-bond donors (Lipinski definition) is 3. The van der Waals surface area contributed by atoms with Crippen LogP contribution in [0.4, 0.5) is 4.79 Å². The number of benzene rings is 1. The van der Waals surface area contributed by atoms with Crippen molar-refractivity contribution in [2.24, 2.45) is 0 Å². The van der Waals surface area contributed by atoms with E-state index in [0.717, 1.165) is 22.9 Å². The third kappa shape index (κ3) is 4.96. The van der Waals surface area contributed by atoms with Gasteiger partial charge in [0.2, 0.25) is 0 Å². The van der Waals surface area contributed by atoms with Crippen molar-refractivity contribution < 1.29 is 23.9 Å². The molecular formula is C21H25N3O5. The molecule has 2 heterocycles. The lowest BCUT2D eigenvalue weighted by molar-refractivity contribution is -0.143. The molecule has 1 aromatic carbocycles. The number of para-hydroxylation sites is 1. The molecule has 1 atom stereocenters. The maximum absolute atomic E-state index is 12.2. The number of urea groups is 1. The zero-order chi connectivity index (χ0) is 20.8. The molecule has 8 heteroatoms. The smallest absolute Gasteiger partial charge is 0.338 e. The topological polar surface area (TPSA) is 110 Å². The summed E-state index contributed by atoms with van der Waals surface area (Å²) in [6.45, 7) is 3.40. The summed E-state index contributed by atoms with van der Waals surface area (Å²) >= 11 is 0. The molecule has 0 bridgehead atoms. The Bertz CT molecular complexity index is 947. The number of aromatic amines is 1. The van der Waals surface area contributed by atoms with Gasteiger partial charge < -0.3 is 25.1 Å². The van der Waals surface area contributed by atoms with E-state index in [-0.39, 0.29) is 36.9 Å². The first kappa shape index (κ1) is 20.4. The quantitative estimate of drug-likeness (QED) is 0.591. The second-order valence-corrected chi connectivity index (χ2v) is 6.81. The largest absolute Gasteiger partial charge is 0.463 e. The van der Waals surface area contributed by atoms with Gasteiger partial charge in [-0.3, -0.25) is 4.79 Å². The summed E-state index contributed by atoms with van der Waals surface area (Å²) in [5.41, 5.74) is 2.74. The average Bonchev–Trinajstić information content (AvgIpc) is 3.09. The molecule has 3 rings (SSSR count). The fourth-order valence-corrected chi connectivity index (χ4v) is 3.38. The van der Waals surface area contributed by atoms with E-state index in [1.165, 1.54) is 0 Å². The third-order valence-electron chi connectivity index (χ3n) is 4.74. The van der Waals surface area contributed by atoms with E-state index in [4.69, 9.17) is 9.47 Å². The molecule has 1 aromatic heterocycles. The van der Waals surface area contributed by atoms with Crippen molar-refractivity contribution in [2.75, 3.05) is 13.2 Å². The van der Waals surface area contributed by atoms with Crippen molar-refractivity contribution in [2.45, 2.75) is 39.2 Å². The summed E-state index contributed by atoms with van der Waals surface area (Å²) in [7, 11) is 0. The maximum atomic E-state index is 12.2. The normalized spacial score (nSPS) is 16.3. The van der Waals surface area contributed by atoms with Gasteiger partial charge >= 0.3 is 18.0 Å². The molecule has 1 aliphatic rings. The molecule has 0 saturated carbocycles. The van der Waals surface area contributed by atoms with Crippen LogP contribution in [0.5, 0.6) is 0 Å². The number of esters is 2. The average molecular weight is 399 g/mol. The monoisotopic (exact) mass is 399 g/mol. The van der Waals surface area contributed by atoms with Gasteiger partial charge in [0.15, 0.2) is 0 Å². The molecular weight excluding hydrogens is 374 g/mol. The number of carbonyl (C=O) groups is 3. The van der Waals surface area contributed by atoms with Crippen LogP contribution in [-0.2, 0) is 25.5 Å². The number of H-pyrrole nitrogens is 1. The van der Waals surface area contributed by atoms with Gasteiger partial charge in [0, 0.05) is 23.5 Å². The highest BCUT2D eigenvalue weighted by Crippen LogP contribution is 2.20. The van der Waals surface area contributed by atoms with Crippen LogP contribution >= 0.6 is 0 Å². The van der Waals surface area contributed by atoms with E-state index in [0.29, 0.717) is 6.42 Å². The Kier molecular flexibility index (Phi) is 6.54. The summed E-state index contributed by atoms with van der Waals surface area (Å²) in [4.78, 5) is 39.2. The lowest BCUT2D eigenvalue weighted by Gasteiger charge is -2.26.